The van der Waals surface area contributed by atoms with Crippen LogP contribution >= 0.6 is 0 Å². The number of hydrogen-bond donors (Lipinski definition) is 0. The van der Waals surface area contributed by atoms with E-state index in [-0.39, 0.29) is 18.3 Å². The van der Waals surface area contributed by atoms with Crippen LogP contribution in [-0.2, 0) is 12.7 Å². The zero-order chi connectivity index (χ0) is 18.3. The van der Waals surface area contributed by atoms with Gasteiger partial charge in [0, 0.05) is 24.0 Å². The van der Waals surface area contributed by atoms with Gasteiger partial charge in [-0.1, -0.05) is 12.1 Å². The van der Waals surface area contributed by atoms with Crippen LogP contribution in [-0.4, -0.2) is 19.3 Å². The lowest BCUT2D eigenvalue weighted by atomic mass is 10.1. The first-order valence-electron chi connectivity index (χ1n) is 8.19. The Morgan fingerprint density at radius 1 is 1.15 bits per heavy atom. The Morgan fingerprint density at radius 3 is 2.62 bits per heavy atom. The second kappa shape index (κ2) is 6.12. The number of aromatic nitrogens is 4. The van der Waals surface area contributed by atoms with E-state index in [9.17, 15) is 18.0 Å². The average molecular weight is 360 g/mol. The van der Waals surface area contributed by atoms with Crippen LogP contribution in [0, 0.1) is 0 Å². The Kier molecular flexibility index (Phi) is 3.90. The minimum absolute atomic E-state index is 0.0181. The van der Waals surface area contributed by atoms with Crippen molar-refractivity contribution >= 4 is 0 Å². The number of nitrogens with zero attached hydrogens (tertiary/aromatic N) is 4. The van der Waals surface area contributed by atoms with Gasteiger partial charge in [-0.15, -0.1) is 5.10 Å². The van der Waals surface area contributed by atoms with E-state index >= 15 is 0 Å². The highest BCUT2D eigenvalue weighted by Crippen LogP contribution is 2.36. The fraction of sp³-hybridized carbons (Fsp3) is 0.278. The van der Waals surface area contributed by atoms with Gasteiger partial charge in [-0.25, -0.2) is 9.48 Å². The second-order valence-electron chi connectivity index (χ2n) is 6.30. The fourth-order valence-electron chi connectivity index (χ4n) is 2.90. The predicted molar refractivity (Wildman–Crippen MR) is 88.5 cm³/mol. The predicted octanol–water partition coefficient (Wildman–Crippen LogP) is 3.51. The number of halogens is 3. The molecule has 1 fully saturated rings. The molecule has 8 heteroatoms. The van der Waals surface area contributed by atoms with Crippen molar-refractivity contribution in [2.24, 2.45) is 0 Å². The molecule has 5 nitrogen and oxygen atoms in total. The summed E-state index contributed by atoms with van der Waals surface area (Å²) in [4.78, 5) is 16.8. The van der Waals surface area contributed by atoms with Crippen LogP contribution in [0.25, 0.3) is 11.4 Å². The zero-order valence-electron chi connectivity index (χ0n) is 13.6. The standard InChI is InChI=1S/C18H15F3N4O/c19-18(20,21)14-5-1-3-12(9-14)11-24-17(26)25(15-6-7-15)16(23-24)13-4-2-8-22-10-13/h1-5,8-10,15H,6-7,11H2. The van der Waals surface area contributed by atoms with Crippen LogP contribution in [0.1, 0.15) is 30.0 Å². The third-order valence-electron chi connectivity index (χ3n) is 4.29. The molecule has 134 valence electrons. The summed E-state index contributed by atoms with van der Waals surface area (Å²) >= 11 is 0. The summed E-state index contributed by atoms with van der Waals surface area (Å²) in [7, 11) is 0. The molecule has 0 N–H and O–H groups in total. The third kappa shape index (κ3) is 3.14. The highest BCUT2D eigenvalue weighted by atomic mass is 19.4. The van der Waals surface area contributed by atoms with Gasteiger partial charge >= 0.3 is 11.9 Å². The van der Waals surface area contributed by atoms with Crippen LogP contribution in [0.2, 0.25) is 0 Å². The molecule has 0 unspecified atom stereocenters. The molecule has 26 heavy (non-hydrogen) atoms. The van der Waals surface area contributed by atoms with Gasteiger partial charge in [0.2, 0.25) is 0 Å². The van der Waals surface area contributed by atoms with Crippen molar-refractivity contribution in [2.75, 3.05) is 0 Å². The molecule has 4 rings (SSSR count). The summed E-state index contributed by atoms with van der Waals surface area (Å²) < 4.78 is 41.5. The van der Waals surface area contributed by atoms with E-state index < -0.39 is 11.7 Å². The van der Waals surface area contributed by atoms with Gasteiger partial charge in [0.25, 0.3) is 0 Å². The number of alkyl halides is 3. The lowest BCUT2D eigenvalue weighted by Crippen LogP contribution is -2.25. The van der Waals surface area contributed by atoms with E-state index in [0.717, 1.165) is 25.0 Å². The van der Waals surface area contributed by atoms with Gasteiger partial charge in [0.15, 0.2) is 5.82 Å². The molecule has 0 amide bonds. The van der Waals surface area contributed by atoms with Gasteiger partial charge in [0.05, 0.1) is 12.1 Å². The maximum atomic E-state index is 12.9. The third-order valence-corrected chi connectivity index (χ3v) is 4.29. The Labute approximate surface area is 146 Å². The summed E-state index contributed by atoms with van der Waals surface area (Å²) in [5, 5.41) is 4.37. The van der Waals surface area contributed by atoms with Gasteiger partial charge in [-0.05, 0) is 42.7 Å². The molecule has 1 aliphatic carbocycles. The van der Waals surface area contributed by atoms with E-state index in [1.807, 2.05) is 6.07 Å². The van der Waals surface area contributed by atoms with Gasteiger partial charge in [0.1, 0.15) is 0 Å². The van der Waals surface area contributed by atoms with Crippen molar-refractivity contribution < 1.29 is 13.2 Å². The number of benzene rings is 1. The van der Waals surface area contributed by atoms with E-state index in [1.165, 1.54) is 10.7 Å². The van der Waals surface area contributed by atoms with Crippen molar-refractivity contribution in [1.82, 2.24) is 19.3 Å². The average Bonchev–Trinajstić information content (AvgIpc) is 3.40. The molecule has 0 spiro atoms. The molecular formula is C18H15F3N4O. The quantitative estimate of drug-likeness (QED) is 0.715. The van der Waals surface area contributed by atoms with Gasteiger partial charge in [-0.2, -0.15) is 13.2 Å². The molecule has 1 aromatic carbocycles. The van der Waals surface area contributed by atoms with E-state index in [4.69, 9.17) is 0 Å². The van der Waals surface area contributed by atoms with Crippen LogP contribution in [0.3, 0.4) is 0 Å². The highest BCUT2D eigenvalue weighted by molar-refractivity contribution is 5.53. The molecule has 1 saturated carbocycles. The molecule has 2 heterocycles. The zero-order valence-corrected chi connectivity index (χ0v) is 13.6. The van der Waals surface area contributed by atoms with E-state index in [1.54, 1.807) is 29.1 Å². The molecule has 0 saturated heterocycles. The van der Waals surface area contributed by atoms with Crippen LogP contribution in [0.5, 0.6) is 0 Å². The summed E-state index contributed by atoms with van der Waals surface area (Å²) in [5.74, 6) is 0.498. The number of pyridine rings is 1. The summed E-state index contributed by atoms with van der Waals surface area (Å²) in [5.41, 5.74) is 0.0281. The molecule has 0 atom stereocenters. The maximum Gasteiger partial charge on any atom is 0.416 e. The van der Waals surface area contributed by atoms with Crippen LogP contribution in [0.4, 0.5) is 13.2 Å². The van der Waals surface area contributed by atoms with Gasteiger partial charge in [-0.3, -0.25) is 9.55 Å². The largest absolute Gasteiger partial charge is 0.416 e. The normalized spacial score (nSPS) is 14.6. The minimum Gasteiger partial charge on any atom is -0.272 e. The topological polar surface area (TPSA) is 52.7 Å². The monoisotopic (exact) mass is 360 g/mol. The smallest absolute Gasteiger partial charge is 0.272 e. The first-order chi connectivity index (χ1) is 12.4. The van der Waals surface area contributed by atoms with Crippen LogP contribution < -0.4 is 5.69 Å². The van der Waals surface area contributed by atoms with Crippen molar-refractivity contribution in [1.29, 1.82) is 0 Å². The summed E-state index contributed by atoms with van der Waals surface area (Å²) in [6, 6.07) is 8.60. The molecular weight excluding hydrogens is 345 g/mol. The number of hydrogen-bond acceptors (Lipinski definition) is 3. The molecule has 2 aromatic heterocycles. The number of rotatable bonds is 4. The molecule has 1 aliphatic rings. The Bertz CT molecular complexity index is 988. The minimum atomic E-state index is -4.42. The highest BCUT2D eigenvalue weighted by Gasteiger charge is 2.32. The summed E-state index contributed by atoms with van der Waals surface area (Å²) in [6.07, 6.45) is 0.609. The van der Waals surface area contributed by atoms with Crippen molar-refractivity contribution in [2.45, 2.75) is 31.6 Å². The first-order valence-corrected chi connectivity index (χ1v) is 8.19. The Morgan fingerprint density at radius 2 is 1.96 bits per heavy atom. The van der Waals surface area contributed by atoms with Crippen molar-refractivity contribution in [3.63, 3.8) is 0 Å². The summed E-state index contributed by atoms with van der Waals surface area (Å²) in [6.45, 7) is -0.0181. The molecule has 3 aromatic rings. The Balaban J connectivity index is 1.73. The fourth-order valence-corrected chi connectivity index (χ4v) is 2.90. The molecule has 0 aliphatic heterocycles. The first kappa shape index (κ1) is 16.6. The molecule has 0 radical (unpaired) electrons. The van der Waals surface area contributed by atoms with Gasteiger partial charge < -0.3 is 0 Å². The van der Waals surface area contributed by atoms with E-state index in [0.29, 0.717) is 17.0 Å². The second-order valence-corrected chi connectivity index (χ2v) is 6.30. The Hall–Kier alpha value is -2.90. The lowest BCUT2D eigenvalue weighted by Gasteiger charge is -2.08. The van der Waals surface area contributed by atoms with Crippen molar-refractivity contribution in [3.8, 4) is 11.4 Å². The SMILES string of the molecule is O=c1n(Cc2cccc(C(F)(F)F)c2)nc(-c2cccnc2)n1C1CC1. The lowest BCUT2D eigenvalue weighted by molar-refractivity contribution is -0.137. The molecule has 0 bridgehead atoms. The maximum absolute atomic E-state index is 12.9. The van der Waals surface area contributed by atoms with E-state index in [2.05, 4.69) is 10.1 Å². The van der Waals surface area contributed by atoms with Crippen LogP contribution in [0.15, 0.2) is 53.6 Å². The van der Waals surface area contributed by atoms with Crippen molar-refractivity contribution in [3.05, 3.63) is 70.4 Å².